The smallest absolute Gasteiger partial charge is 0.255 e. The molecule has 5 aliphatic rings. The zero-order valence-electron chi connectivity index (χ0n) is 22.5. The molecule has 40 heavy (non-hydrogen) atoms. The Balaban J connectivity index is 1.31. The van der Waals surface area contributed by atoms with Gasteiger partial charge in [0.1, 0.15) is 11.5 Å². The molecule has 7 rings (SSSR count). The van der Waals surface area contributed by atoms with Crippen LogP contribution in [0.3, 0.4) is 0 Å². The van der Waals surface area contributed by atoms with Crippen LogP contribution in [0.2, 0.25) is 0 Å². The van der Waals surface area contributed by atoms with Crippen molar-refractivity contribution in [3.05, 3.63) is 52.8 Å². The minimum Gasteiger partial charge on any atom is -0.508 e. The molecule has 2 fully saturated rings. The van der Waals surface area contributed by atoms with Crippen LogP contribution in [-0.4, -0.2) is 70.0 Å². The van der Waals surface area contributed by atoms with Crippen molar-refractivity contribution in [1.29, 1.82) is 0 Å². The van der Waals surface area contributed by atoms with Gasteiger partial charge in [0.2, 0.25) is 5.91 Å². The molecule has 2 heterocycles. The van der Waals surface area contributed by atoms with Crippen LogP contribution in [0.25, 0.3) is 0 Å². The number of phenolic OH excluding ortho intramolecular Hbond substituents is 1. The molecular weight excluding hydrogens is 514 g/mol. The number of nitrogens with zero attached hydrogens (tertiary/aromatic N) is 1. The summed E-state index contributed by atoms with van der Waals surface area (Å²) in [5, 5.41) is 40.6. The fraction of sp³-hybridized carbons (Fsp3) is 0.467. The minimum absolute atomic E-state index is 0.0316. The van der Waals surface area contributed by atoms with Gasteiger partial charge in [0.15, 0.2) is 17.6 Å². The van der Waals surface area contributed by atoms with Crippen molar-refractivity contribution in [2.45, 2.75) is 62.2 Å². The van der Waals surface area contributed by atoms with Crippen LogP contribution < -0.4 is 20.1 Å². The van der Waals surface area contributed by atoms with E-state index in [1.807, 2.05) is 6.07 Å². The summed E-state index contributed by atoms with van der Waals surface area (Å²) in [5.74, 6) is 0.136. The van der Waals surface area contributed by atoms with Gasteiger partial charge in [0, 0.05) is 37.2 Å². The van der Waals surface area contributed by atoms with Crippen LogP contribution in [0, 0.1) is 5.92 Å². The summed E-state index contributed by atoms with van der Waals surface area (Å²) in [6.45, 7) is 3.01. The third-order valence-electron chi connectivity index (χ3n) is 9.56. The Hall–Kier alpha value is -3.76. The number of carbonyl (C=O) groups excluding carboxylic acids is 2. The van der Waals surface area contributed by atoms with Crippen molar-refractivity contribution < 1.29 is 34.4 Å². The molecule has 210 valence electrons. The number of aliphatic hydroxyl groups excluding tert-OH is 1. The Kier molecular flexibility index (Phi) is 5.43. The molecule has 10 heteroatoms. The van der Waals surface area contributed by atoms with Crippen molar-refractivity contribution in [1.82, 2.24) is 4.90 Å². The molecule has 2 bridgehead atoms. The molecule has 0 unspecified atom stereocenters. The molecule has 0 aromatic heterocycles. The van der Waals surface area contributed by atoms with Gasteiger partial charge in [0.25, 0.3) is 5.91 Å². The average Bonchev–Trinajstić information content (AvgIpc) is 3.65. The van der Waals surface area contributed by atoms with Gasteiger partial charge in [-0.1, -0.05) is 6.07 Å². The summed E-state index contributed by atoms with van der Waals surface area (Å²) in [6, 6.07) is 8.09. The van der Waals surface area contributed by atoms with Gasteiger partial charge in [-0.2, -0.15) is 0 Å². The number of ether oxygens (including phenoxy) is 2. The number of hydrogen-bond acceptors (Lipinski definition) is 8. The first-order valence-corrected chi connectivity index (χ1v) is 13.8. The average molecular weight is 548 g/mol. The second kappa shape index (κ2) is 8.62. The molecule has 1 saturated carbocycles. The SMILES string of the molecule is COc1ccc(NC(C)=O)cc1NC(=O)C1=C(O)[C@@H]2Oc3c(O)ccc4c3[C@@]23CCN(CC2CC2)[C@H](C4)[C@]3(O)C1. The Morgan fingerprint density at radius 2 is 1.98 bits per heavy atom. The standard InChI is InChI=1S/C30H33N3O7/c1-15(34)31-18-6-8-22(39-2)20(12-18)32-28(37)19-13-30(38)23-11-17-5-7-21(35)26-24(17)29(30,27(40-26)25(19)36)9-10-33(23)14-16-3-4-16/h5-8,12,16,23,27,35-36,38H,3-4,9-11,13-14H2,1-2H3,(H,31,34)(H,32,37)/t23-,27+,29+,30-/m1/s1. The summed E-state index contributed by atoms with van der Waals surface area (Å²) < 4.78 is 11.7. The molecule has 4 atom stereocenters. The lowest BCUT2D eigenvalue weighted by atomic mass is 9.49. The number of nitrogens with one attached hydrogen (secondary N) is 2. The van der Waals surface area contributed by atoms with Crippen LogP contribution in [0.5, 0.6) is 17.2 Å². The summed E-state index contributed by atoms with van der Waals surface area (Å²) in [5.41, 5.74) is 0.195. The number of phenols is 1. The maximum Gasteiger partial charge on any atom is 0.255 e. The molecule has 2 amide bonds. The minimum atomic E-state index is -1.40. The predicted molar refractivity (Wildman–Crippen MR) is 146 cm³/mol. The fourth-order valence-corrected chi connectivity index (χ4v) is 7.65. The zero-order valence-corrected chi connectivity index (χ0v) is 22.5. The zero-order chi connectivity index (χ0) is 28.0. The molecule has 2 aliphatic heterocycles. The van der Waals surface area contributed by atoms with E-state index in [9.17, 15) is 24.9 Å². The third-order valence-corrected chi connectivity index (χ3v) is 9.56. The molecule has 3 aliphatic carbocycles. The molecule has 1 spiro atoms. The van der Waals surface area contributed by atoms with Crippen molar-refractivity contribution in [2.24, 2.45) is 5.92 Å². The molecule has 1 saturated heterocycles. The Morgan fingerprint density at radius 3 is 2.70 bits per heavy atom. The highest BCUT2D eigenvalue weighted by Gasteiger charge is 2.73. The lowest BCUT2D eigenvalue weighted by molar-refractivity contribution is -0.172. The third kappa shape index (κ3) is 3.42. The molecule has 10 nitrogen and oxygen atoms in total. The number of amides is 2. The van der Waals surface area contributed by atoms with Crippen molar-refractivity contribution in [3.63, 3.8) is 0 Å². The number of carbonyl (C=O) groups is 2. The number of likely N-dealkylation sites (tertiary alicyclic amines) is 1. The second-order valence-corrected chi connectivity index (χ2v) is 11.8. The number of anilines is 2. The maximum absolute atomic E-state index is 13.8. The van der Waals surface area contributed by atoms with Gasteiger partial charge in [-0.15, -0.1) is 0 Å². The van der Waals surface area contributed by atoms with Crippen LogP contribution in [0.1, 0.15) is 43.7 Å². The number of methoxy groups -OCH3 is 1. The van der Waals surface area contributed by atoms with Gasteiger partial charge in [0.05, 0.1) is 29.4 Å². The van der Waals surface area contributed by atoms with Crippen LogP contribution >= 0.6 is 0 Å². The van der Waals surface area contributed by atoms with E-state index in [-0.39, 0.29) is 41.2 Å². The molecular formula is C30H33N3O7. The monoisotopic (exact) mass is 547 g/mol. The van der Waals surface area contributed by atoms with Gasteiger partial charge in [-0.3, -0.25) is 14.5 Å². The highest BCUT2D eigenvalue weighted by Crippen LogP contribution is 2.66. The number of benzene rings is 2. The Labute approximate surface area is 231 Å². The van der Waals surface area contributed by atoms with Gasteiger partial charge in [-0.05, 0) is 68.0 Å². The second-order valence-electron chi connectivity index (χ2n) is 11.8. The maximum atomic E-state index is 13.8. The first-order valence-electron chi connectivity index (χ1n) is 13.8. The topological polar surface area (TPSA) is 141 Å². The summed E-state index contributed by atoms with van der Waals surface area (Å²) in [6.07, 6.45) is 2.38. The van der Waals surface area contributed by atoms with E-state index in [2.05, 4.69) is 15.5 Å². The first kappa shape index (κ1) is 25.2. The Morgan fingerprint density at radius 1 is 1.18 bits per heavy atom. The van der Waals surface area contributed by atoms with Gasteiger partial charge in [-0.25, -0.2) is 0 Å². The normalized spacial score (nSPS) is 29.9. The summed E-state index contributed by atoms with van der Waals surface area (Å²) in [7, 11) is 1.47. The predicted octanol–water partition coefficient (Wildman–Crippen LogP) is 2.98. The van der Waals surface area contributed by atoms with E-state index in [0.29, 0.717) is 35.9 Å². The van der Waals surface area contributed by atoms with E-state index in [0.717, 1.165) is 24.2 Å². The van der Waals surface area contributed by atoms with E-state index >= 15 is 0 Å². The molecule has 5 N–H and O–H groups in total. The molecule has 2 aromatic rings. The lowest BCUT2D eigenvalue weighted by Crippen LogP contribution is -2.75. The summed E-state index contributed by atoms with van der Waals surface area (Å²) >= 11 is 0. The van der Waals surface area contributed by atoms with Crippen LogP contribution in [0.4, 0.5) is 11.4 Å². The lowest BCUT2D eigenvalue weighted by Gasteiger charge is -2.62. The number of piperidine rings is 1. The summed E-state index contributed by atoms with van der Waals surface area (Å²) in [4.78, 5) is 27.7. The largest absolute Gasteiger partial charge is 0.508 e. The van der Waals surface area contributed by atoms with Gasteiger partial charge >= 0.3 is 0 Å². The van der Waals surface area contributed by atoms with Crippen LogP contribution in [-0.2, 0) is 21.4 Å². The quantitative estimate of drug-likeness (QED) is 0.372. The van der Waals surface area contributed by atoms with Crippen molar-refractivity contribution in [2.75, 3.05) is 30.8 Å². The molecule has 2 aromatic carbocycles. The highest BCUT2D eigenvalue weighted by atomic mass is 16.5. The van der Waals surface area contributed by atoms with Crippen LogP contribution in [0.15, 0.2) is 41.7 Å². The van der Waals surface area contributed by atoms with Crippen molar-refractivity contribution >= 4 is 23.2 Å². The van der Waals surface area contributed by atoms with E-state index in [4.69, 9.17) is 9.47 Å². The highest BCUT2D eigenvalue weighted by molar-refractivity contribution is 6.06. The number of aliphatic hydroxyl groups is 2. The number of aromatic hydroxyl groups is 1. The van der Waals surface area contributed by atoms with E-state index < -0.39 is 23.0 Å². The number of hydrogen-bond donors (Lipinski definition) is 5. The Bertz CT molecular complexity index is 1480. The molecule has 0 radical (unpaired) electrons. The van der Waals surface area contributed by atoms with E-state index in [1.165, 1.54) is 26.9 Å². The van der Waals surface area contributed by atoms with E-state index in [1.54, 1.807) is 24.3 Å². The van der Waals surface area contributed by atoms with Gasteiger partial charge < -0.3 is 35.4 Å². The number of rotatable bonds is 6. The first-order chi connectivity index (χ1) is 19.2. The fourth-order valence-electron chi connectivity index (χ4n) is 7.65. The van der Waals surface area contributed by atoms with Crippen molar-refractivity contribution in [3.8, 4) is 17.2 Å².